The molecule has 0 aliphatic carbocycles. The highest BCUT2D eigenvalue weighted by atomic mass is 35.5. The van der Waals surface area contributed by atoms with E-state index in [0.29, 0.717) is 18.3 Å². The van der Waals surface area contributed by atoms with Gasteiger partial charge in [-0.25, -0.2) is 0 Å². The molecule has 0 radical (unpaired) electrons. The highest BCUT2D eigenvalue weighted by Gasteiger charge is 2.07. The first-order valence-corrected chi connectivity index (χ1v) is 7.83. The molecule has 0 saturated carbocycles. The largest absolute Gasteiger partial charge is 0.419 e. The number of rotatable bonds is 6. The Morgan fingerprint density at radius 3 is 2.71 bits per heavy atom. The van der Waals surface area contributed by atoms with Crippen LogP contribution in [0.2, 0.25) is 4.34 Å². The van der Waals surface area contributed by atoms with E-state index in [1.165, 1.54) is 4.88 Å². The summed E-state index contributed by atoms with van der Waals surface area (Å²) in [5, 5.41) is 11.4. The Morgan fingerprint density at radius 1 is 1.10 bits per heavy atom. The van der Waals surface area contributed by atoms with Gasteiger partial charge in [-0.3, -0.25) is 0 Å². The Labute approximate surface area is 131 Å². The lowest BCUT2D eigenvalue weighted by Crippen LogP contribution is -2.16. The fraction of sp³-hybridized carbons (Fsp3) is 0.200. The van der Waals surface area contributed by atoms with E-state index >= 15 is 0 Å². The second kappa shape index (κ2) is 6.85. The van der Waals surface area contributed by atoms with Gasteiger partial charge in [0.2, 0.25) is 11.8 Å². The van der Waals surface area contributed by atoms with Crippen LogP contribution < -0.4 is 5.32 Å². The average molecular weight is 320 g/mol. The number of hydrogen-bond acceptors (Lipinski definition) is 5. The summed E-state index contributed by atoms with van der Waals surface area (Å²) in [7, 11) is 0. The second-order valence-corrected chi connectivity index (χ2v) is 6.30. The number of hydrogen-bond donors (Lipinski definition) is 1. The van der Waals surface area contributed by atoms with Crippen molar-refractivity contribution in [1.82, 2.24) is 15.5 Å². The molecule has 0 spiro atoms. The van der Waals surface area contributed by atoms with Crippen LogP contribution in [0.3, 0.4) is 0 Å². The molecule has 3 rings (SSSR count). The Kier molecular flexibility index (Phi) is 4.65. The van der Waals surface area contributed by atoms with Gasteiger partial charge in [0.05, 0.1) is 10.9 Å². The summed E-state index contributed by atoms with van der Waals surface area (Å²) in [4.78, 5) is 1.27. The lowest BCUT2D eigenvalue weighted by molar-refractivity contribution is 0.479. The molecule has 21 heavy (non-hydrogen) atoms. The molecule has 0 fully saturated rings. The summed E-state index contributed by atoms with van der Waals surface area (Å²) in [6.45, 7) is 1.42. The van der Waals surface area contributed by atoms with Crippen molar-refractivity contribution < 1.29 is 4.42 Å². The van der Waals surface area contributed by atoms with E-state index in [-0.39, 0.29) is 0 Å². The van der Waals surface area contributed by atoms with Gasteiger partial charge in [0.1, 0.15) is 0 Å². The maximum Gasteiger partial charge on any atom is 0.247 e. The highest BCUT2D eigenvalue weighted by Crippen LogP contribution is 2.21. The van der Waals surface area contributed by atoms with Gasteiger partial charge in [0.15, 0.2) is 0 Å². The summed E-state index contributed by atoms with van der Waals surface area (Å²) in [5.74, 6) is 1.15. The Balaban J connectivity index is 1.49. The molecule has 4 nitrogen and oxygen atoms in total. The zero-order valence-corrected chi connectivity index (χ0v) is 12.8. The normalized spacial score (nSPS) is 10.9. The molecule has 2 aromatic heterocycles. The lowest BCUT2D eigenvalue weighted by atomic mass is 10.2. The minimum absolute atomic E-state index is 0.553. The fourth-order valence-electron chi connectivity index (χ4n) is 1.92. The Morgan fingerprint density at radius 2 is 1.95 bits per heavy atom. The van der Waals surface area contributed by atoms with Crippen molar-refractivity contribution in [2.45, 2.75) is 13.0 Å². The van der Waals surface area contributed by atoms with Gasteiger partial charge in [0.25, 0.3) is 0 Å². The topological polar surface area (TPSA) is 51.0 Å². The molecule has 1 aromatic carbocycles. The Hall–Kier alpha value is -1.69. The summed E-state index contributed by atoms with van der Waals surface area (Å²) >= 11 is 7.50. The van der Waals surface area contributed by atoms with Crippen LogP contribution in [-0.4, -0.2) is 16.7 Å². The van der Waals surface area contributed by atoms with Crippen LogP contribution in [0.15, 0.2) is 46.9 Å². The fourth-order valence-corrected chi connectivity index (χ4v) is 3.00. The number of benzene rings is 1. The van der Waals surface area contributed by atoms with E-state index in [1.54, 1.807) is 11.3 Å². The molecule has 108 valence electrons. The molecule has 6 heteroatoms. The first-order valence-electron chi connectivity index (χ1n) is 6.64. The molecule has 1 N–H and O–H groups in total. The van der Waals surface area contributed by atoms with E-state index in [4.69, 9.17) is 16.0 Å². The monoisotopic (exact) mass is 319 g/mol. The molecule has 0 aliphatic rings. The molecule has 0 atom stereocenters. The first-order chi connectivity index (χ1) is 10.3. The molecule has 3 aromatic rings. The molecule has 0 amide bonds. The van der Waals surface area contributed by atoms with E-state index in [0.717, 1.165) is 22.9 Å². The maximum atomic E-state index is 5.89. The zero-order valence-electron chi connectivity index (χ0n) is 11.3. The van der Waals surface area contributed by atoms with Crippen molar-refractivity contribution >= 4 is 22.9 Å². The summed E-state index contributed by atoms with van der Waals surface area (Å²) in [6, 6.07) is 13.7. The van der Waals surface area contributed by atoms with Crippen molar-refractivity contribution in [2.24, 2.45) is 0 Å². The minimum Gasteiger partial charge on any atom is -0.419 e. The number of nitrogens with zero attached hydrogens (tertiary/aromatic N) is 2. The van der Waals surface area contributed by atoms with Crippen LogP contribution in [0.1, 0.15) is 10.8 Å². The van der Waals surface area contributed by atoms with Crippen LogP contribution in [0.5, 0.6) is 0 Å². The molecular weight excluding hydrogens is 306 g/mol. The first kappa shape index (κ1) is 14.3. The lowest BCUT2D eigenvalue weighted by Gasteiger charge is -1.99. The maximum absolute atomic E-state index is 5.89. The Bertz CT molecular complexity index is 696. The van der Waals surface area contributed by atoms with Gasteiger partial charge in [-0.1, -0.05) is 29.8 Å². The summed E-state index contributed by atoms with van der Waals surface area (Å²) < 4.78 is 6.45. The summed E-state index contributed by atoms with van der Waals surface area (Å²) in [5.41, 5.74) is 0.935. The predicted molar refractivity (Wildman–Crippen MR) is 84.5 cm³/mol. The third kappa shape index (κ3) is 3.91. The predicted octanol–water partition coefficient (Wildman–Crippen LogP) is 3.78. The molecular formula is C15H14ClN3OS. The standard InChI is InChI=1S/C15H14ClN3OS/c16-13-7-6-12(21-13)8-9-17-10-14-18-19-15(20-14)11-4-2-1-3-5-11/h1-7,17H,8-10H2. The number of aromatic nitrogens is 2. The van der Waals surface area contributed by atoms with Gasteiger partial charge in [0, 0.05) is 17.0 Å². The minimum atomic E-state index is 0.553. The highest BCUT2D eigenvalue weighted by molar-refractivity contribution is 7.16. The van der Waals surface area contributed by atoms with E-state index in [2.05, 4.69) is 21.6 Å². The molecule has 0 aliphatic heterocycles. The van der Waals surface area contributed by atoms with Gasteiger partial charge < -0.3 is 9.73 Å². The van der Waals surface area contributed by atoms with Crippen LogP contribution >= 0.6 is 22.9 Å². The summed E-state index contributed by atoms with van der Waals surface area (Å²) in [6.07, 6.45) is 0.942. The van der Waals surface area contributed by atoms with Crippen molar-refractivity contribution in [1.29, 1.82) is 0 Å². The van der Waals surface area contributed by atoms with Crippen LogP contribution in [0.25, 0.3) is 11.5 Å². The molecule has 0 unspecified atom stereocenters. The SMILES string of the molecule is Clc1ccc(CCNCc2nnc(-c3ccccc3)o2)s1. The van der Waals surface area contributed by atoms with Crippen molar-refractivity contribution in [2.75, 3.05) is 6.54 Å². The molecule has 0 bridgehead atoms. The molecule has 0 saturated heterocycles. The van der Waals surface area contributed by atoms with Gasteiger partial charge in [-0.05, 0) is 30.7 Å². The van der Waals surface area contributed by atoms with Crippen LogP contribution in [0, 0.1) is 0 Å². The van der Waals surface area contributed by atoms with E-state index in [9.17, 15) is 0 Å². The number of nitrogens with one attached hydrogen (secondary N) is 1. The van der Waals surface area contributed by atoms with Crippen LogP contribution in [-0.2, 0) is 13.0 Å². The van der Waals surface area contributed by atoms with Crippen molar-refractivity contribution in [3.8, 4) is 11.5 Å². The third-order valence-electron chi connectivity index (χ3n) is 2.94. The quantitative estimate of drug-likeness (QED) is 0.702. The second-order valence-electron chi connectivity index (χ2n) is 4.50. The average Bonchev–Trinajstić information content (AvgIpc) is 3.14. The van der Waals surface area contributed by atoms with Crippen LogP contribution in [0.4, 0.5) is 0 Å². The third-order valence-corrected chi connectivity index (χ3v) is 4.23. The van der Waals surface area contributed by atoms with E-state index < -0.39 is 0 Å². The van der Waals surface area contributed by atoms with E-state index in [1.807, 2.05) is 36.4 Å². The zero-order chi connectivity index (χ0) is 14.5. The van der Waals surface area contributed by atoms with Gasteiger partial charge >= 0.3 is 0 Å². The number of thiophene rings is 1. The van der Waals surface area contributed by atoms with Crippen molar-refractivity contribution in [3.63, 3.8) is 0 Å². The van der Waals surface area contributed by atoms with Gasteiger partial charge in [-0.2, -0.15) is 0 Å². The number of halogens is 1. The smallest absolute Gasteiger partial charge is 0.247 e. The molecule has 2 heterocycles. The van der Waals surface area contributed by atoms with Gasteiger partial charge in [-0.15, -0.1) is 21.5 Å². The van der Waals surface area contributed by atoms with Crippen molar-refractivity contribution in [3.05, 3.63) is 57.6 Å².